The second kappa shape index (κ2) is 4.94. The van der Waals surface area contributed by atoms with E-state index in [1.807, 2.05) is 20.8 Å². The summed E-state index contributed by atoms with van der Waals surface area (Å²) in [6, 6.07) is 0. The van der Waals surface area contributed by atoms with Crippen LogP contribution in [0.25, 0.3) is 0 Å². The number of ether oxygens (including phenoxy) is 2. The molecular formula is C13H23NO3Si. The van der Waals surface area contributed by atoms with Gasteiger partial charge in [0.15, 0.2) is 5.54 Å². The van der Waals surface area contributed by atoms with Crippen LogP contribution in [0.2, 0.25) is 19.6 Å². The molecule has 0 bridgehead atoms. The van der Waals surface area contributed by atoms with E-state index in [2.05, 4.69) is 36.4 Å². The van der Waals surface area contributed by atoms with E-state index in [0.717, 1.165) is 0 Å². The zero-order chi connectivity index (χ0) is 14.0. The molecule has 1 rings (SSSR count). The number of hydrogen-bond donors (Lipinski definition) is 1. The van der Waals surface area contributed by atoms with Gasteiger partial charge in [0.2, 0.25) is 0 Å². The quantitative estimate of drug-likeness (QED) is 0.586. The summed E-state index contributed by atoms with van der Waals surface area (Å²) in [6.45, 7) is 12.9. The lowest BCUT2D eigenvalue weighted by Gasteiger charge is -2.38. The summed E-state index contributed by atoms with van der Waals surface area (Å²) in [5.41, 5.74) is 2.22. The Hall–Kier alpha value is -0.993. The molecule has 1 aliphatic rings. The van der Waals surface area contributed by atoms with E-state index in [0.29, 0.717) is 13.2 Å². The molecule has 0 aliphatic carbocycles. The average Bonchev–Trinajstić information content (AvgIpc) is 2.04. The topological polar surface area (TPSA) is 47.6 Å². The third-order valence-corrected chi connectivity index (χ3v) is 2.99. The van der Waals surface area contributed by atoms with E-state index >= 15 is 0 Å². The van der Waals surface area contributed by atoms with Gasteiger partial charge in [-0.3, -0.25) is 0 Å². The van der Waals surface area contributed by atoms with Gasteiger partial charge >= 0.3 is 6.09 Å². The summed E-state index contributed by atoms with van der Waals surface area (Å²) in [6.07, 6.45) is -0.435. The molecule has 0 saturated carbocycles. The first kappa shape index (κ1) is 15.1. The molecule has 4 nitrogen and oxygen atoms in total. The molecule has 5 heteroatoms. The van der Waals surface area contributed by atoms with E-state index in [4.69, 9.17) is 9.47 Å². The minimum Gasteiger partial charge on any atom is -0.444 e. The average molecular weight is 269 g/mol. The molecule has 0 unspecified atom stereocenters. The minimum absolute atomic E-state index is 0.434. The Morgan fingerprint density at radius 3 is 2.22 bits per heavy atom. The third-order valence-electron chi connectivity index (χ3n) is 2.11. The van der Waals surface area contributed by atoms with Crippen LogP contribution in [-0.2, 0) is 9.47 Å². The van der Waals surface area contributed by atoms with Crippen LogP contribution >= 0.6 is 0 Å². The molecule has 0 aromatic heterocycles. The monoisotopic (exact) mass is 269 g/mol. The summed E-state index contributed by atoms with van der Waals surface area (Å²) in [7, 11) is -1.46. The standard InChI is InChI=1S/C13H23NO3Si/c1-12(2,3)17-11(15)14-13(9-16-10-13)7-8-18(4,5)6/h9-10H2,1-6H3,(H,14,15). The number of carbonyl (C=O) groups excluding carboxylic acids is 1. The normalized spacial score (nSPS) is 18.1. The minimum atomic E-state index is -1.46. The van der Waals surface area contributed by atoms with Crippen LogP contribution in [0.3, 0.4) is 0 Å². The van der Waals surface area contributed by atoms with Crippen molar-refractivity contribution in [3.05, 3.63) is 0 Å². The van der Waals surface area contributed by atoms with Gasteiger partial charge in [0, 0.05) is 0 Å². The van der Waals surface area contributed by atoms with E-state index < -0.39 is 25.3 Å². The predicted molar refractivity (Wildman–Crippen MR) is 74.0 cm³/mol. The lowest BCUT2D eigenvalue weighted by molar-refractivity contribution is -0.0466. The van der Waals surface area contributed by atoms with Crippen LogP contribution in [0, 0.1) is 11.5 Å². The lowest BCUT2D eigenvalue weighted by atomic mass is 9.99. The zero-order valence-electron chi connectivity index (χ0n) is 12.1. The second-order valence-electron chi connectivity index (χ2n) is 6.70. The summed E-state index contributed by atoms with van der Waals surface area (Å²) in [5, 5.41) is 2.82. The number of nitrogens with one attached hydrogen (secondary N) is 1. The molecule has 0 spiro atoms. The summed E-state index contributed by atoms with van der Waals surface area (Å²) in [4.78, 5) is 11.7. The van der Waals surface area contributed by atoms with Gasteiger partial charge in [-0.2, -0.15) is 0 Å². The van der Waals surface area contributed by atoms with Crippen LogP contribution in [0.1, 0.15) is 20.8 Å². The summed E-state index contributed by atoms with van der Waals surface area (Å²) in [5.74, 6) is 3.16. The number of alkyl carbamates (subject to hydrolysis) is 1. The lowest BCUT2D eigenvalue weighted by Crippen LogP contribution is -2.62. The first-order valence-electron chi connectivity index (χ1n) is 6.15. The summed E-state index contributed by atoms with van der Waals surface area (Å²) >= 11 is 0. The van der Waals surface area contributed by atoms with Crippen LogP contribution in [0.15, 0.2) is 0 Å². The molecule has 0 atom stereocenters. The van der Waals surface area contributed by atoms with Gasteiger partial charge in [0.1, 0.15) is 13.7 Å². The Morgan fingerprint density at radius 2 is 1.89 bits per heavy atom. The molecule has 1 aliphatic heterocycles. The molecule has 0 aromatic rings. The van der Waals surface area contributed by atoms with E-state index in [-0.39, 0.29) is 0 Å². The number of carbonyl (C=O) groups is 1. The van der Waals surface area contributed by atoms with Crippen molar-refractivity contribution >= 4 is 14.2 Å². The van der Waals surface area contributed by atoms with Crippen molar-refractivity contribution in [3.63, 3.8) is 0 Å². The molecule has 1 amide bonds. The SMILES string of the molecule is CC(C)(C)OC(=O)NC1(C#C[Si](C)(C)C)COC1. The van der Waals surface area contributed by atoms with Gasteiger partial charge in [0.25, 0.3) is 0 Å². The highest BCUT2D eigenvalue weighted by Crippen LogP contribution is 2.18. The molecule has 0 radical (unpaired) electrons. The van der Waals surface area contributed by atoms with Gasteiger partial charge in [0.05, 0.1) is 13.2 Å². The Labute approximate surface area is 110 Å². The van der Waals surface area contributed by atoms with Crippen LogP contribution in [0.5, 0.6) is 0 Å². The third kappa shape index (κ3) is 5.11. The molecule has 1 saturated heterocycles. The van der Waals surface area contributed by atoms with Crippen molar-refractivity contribution in [2.24, 2.45) is 0 Å². The van der Waals surface area contributed by atoms with Crippen molar-refractivity contribution in [2.45, 2.75) is 51.6 Å². The number of hydrogen-bond acceptors (Lipinski definition) is 3. The highest BCUT2D eigenvalue weighted by atomic mass is 28.3. The van der Waals surface area contributed by atoms with Crippen molar-refractivity contribution in [2.75, 3.05) is 13.2 Å². The fourth-order valence-electron chi connectivity index (χ4n) is 1.29. The van der Waals surface area contributed by atoms with Crippen molar-refractivity contribution < 1.29 is 14.3 Å². The van der Waals surface area contributed by atoms with Gasteiger partial charge in [-0.25, -0.2) is 4.79 Å². The van der Waals surface area contributed by atoms with Crippen molar-refractivity contribution in [3.8, 4) is 11.5 Å². The molecule has 102 valence electrons. The Balaban J connectivity index is 2.66. The molecule has 1 fully saturated rings. The first-order chi connectivity index (χ1) is 8.02. The molecule has 18 heavy (non-hydrogen) atoms. The van der Waals surface area contributed by atoms with Gasteiger partial charge in [-0.15, -0.1) is 5.54 Å². The zero-order valence-corrected chi connectivity index (χ0v) is 13.1. The number of amides is 1. The Bertz CT molecular complexity index is 378. The van der Waals surface area contributed by atoms with Crippen LogP contribution in [-0.4, -0.2) is 38.5 Å². The smallest absolute Gasteiger partial charge is 0.409 e. The van der Waals surface area contributed by atoms with Gasteiger partial charge < -0.3 is 14.8 Å². The summed E-state index contributed by atoms with van der Waals surface area (Å²) < 4.78 is 10.4. The Kier molecular flexibility index (Phi) is 4.14. The van der Waals surface area contributed by atoms with Crippen molar-refractivity contribution in [1.29, 1.82) is 0 Å². The van der Waals surface area contributed by atoms with Gasteiger partial charge in [-0.05, 0) is 20.8 Å². The highest BCUT2D eigenvalue weighted by molar-refractivity contribution is 6.83. The molecule has 1 N–H and O–H groups in total. The van der Waals surface area contributed by atoms with Crippen LogP contribution in [0.4, 0.5) is 4.79 Å². The first-order valence-corrected chi connectivity index (χ1v) is 9.65. The maximum Gasteiger partial charge on any atom is 0.409 e. The van der Waals surface area contributed by atoms with Crippen LogP contribution < -0.4 is 5.32 Å². The maximum absolute atomic E-state index is 11.7. The van der Waals surface area contributed by atoms with E-state index in [1.165, 1.54) is 0 Å². The van der Waals surface area contributed by atoms with Crippen molar-refractivity contribution in [1.82, 2.24) is 5.32 Å². The highest BCUT2D eigenvalue weighted by Gasteiger charge is 2.40. The molecular weight excluding hydrogens is 246 g/mol. The molecule has 0 aromatic carbocycles. The Morgan fingerprint density at radius 1 is 1.33 bits per heavy atom. The fourth-order valence-corrected chi connectivity index (χ4v) is 1.90. The maximum atomic E-state index is 11.7. The van der Waals surface area contributed by atoms with Gasteiger partial charge in [-0.1, -0.05) is 25.6 Å². The second-order valence-corrected chi connectivity index (χ2v) is 11.5. The fraction of sp³-hybridized carbons (Fsp3) is 0.769. The number of rotatable bonds is 1. The predicted octanol–water partition coefficient (Wildman–Crippen LogP) is 2.16. The van der Waals surface area contributed by atoms with E-state index in [1.54, 1.807) is 0 Å². The van der Waals surface area contributed by atoms with E-state index in [9.17, 15) is 4.79 Å². The molecule has 1 heterocycles. The largest absolute Gasteiger partial charge is 0.444 e.